The Morgan fingerprint density at radius 3 is 2.50 bits per heavy atom. The molecular weight excluding hydrogens is 182 g/mol. The first-order chi connectivity index (χ1) is 6.72. The van der Waals surface area contributed by atoms with Crippen LogP contribution in [0.25, 0.3) is 0 Å². The second kappa shape index (κ2) is 5.95. The van der Waals surface area contributed by atoms with Gasteiger partial charge in [-0.3, -0.25) is 4.79 Å². The monoisotopic (exact) mass is 201 g/mol. The van der Waals surface area contributed by atoms with Crippen molar-refractivity contribution in [1.29, 1.82) is 0 Å². The van der Waals surface area contributed by atoms with Crippen molar-refractivity contribution in [2.24, 2.45) is 5.73 Å². The van der Waals surface area contributed by atoms with Gasteiger partial charge >= 0.3 is 5.97 Å². The van der Waals surface area contributed by atoms with Crippen LogP contribution in [0.2, 0.25) is 0 Å². The van der Waals surface area contributed by atoms with Crippen molar-refractivity contribution in [3.8, 4) is 0 Å². The predicted molar refractivity (Wildman–Crippen MR) is 54.1 cm³/mol. The Hall–Kier alpha value is -0.650. The molecule has 0 aromatic heterocycles. The summed E-state index contributed by atoms with van der Waals surface area (Å²) in [6.45, 7) is 2.30. The highest BCUT2D eigenvalue weighted by molar-refractivity contribution is 5.67. The molecule has 5 heteroatoms. The maximum atomic E-state index is 10.4. The molecule has 5 N–H and O–H groups in total. The number of hydrogen-bond acceptors (Lipinski definition) is 4. The molecule has 0 aromatic rings. The predicted octanol–water partition coefficient (Wildman–Crippen LogP) is -0.870. The molecule has 82 valence electrons. The SMILES string of the molecule is NCCC[C@@H]1CN[C@H](CC(=O)O)CN1. The van der Waals surface area contributed by atoms with Crippen LogP contribution in [0.15, 0.2) is 0 Å². The van der Waals surface area contributed by atoms with E-state index < -0.39 is 5.97 Å². The average molecular weight is 201 g/mol. The molecule has 0 radical (unpaired) electrons. The summed E-state index contributed by atoms with van der Waals surface area (Å²) in [5.41, 5.74) is 5.41. The molecule has 0 aliphatic carbocycles. The van der Waals surface area contributed by atoms with E-state index in [1.165, 1.54) is 0 Å². The highest BCUT2D eigenvalue weighted by Gasteiger charge is 2.20. The number of carbonyl (C=O) groups is 1. The minimum atomic E-state index is -0.746. The van der Waals surface area contributed by atoms with Gasteiger partial charge in [-0.25, -0.2) is 0 Å². The highest BCUT2D eigenvalue weighted by atomic mass is 16.4. The Morgan fingerprint density at radius 2 is 2.00 bits per heavy atom. The summed E-state index contributed by atoms with van der Waals surface area (Å²) in [5.74, 6) is -0.746. The van der Waals surface area contributed by atoms with Crippen LogP contribution >= 0.6 is 0 Å². The normalized spacial score (nSPS) is 27.5. The van der Waals surface area contributed by atoms with Gasteiger partial charge in [-0.2, -0.15) is 0 Å². The van der Waals surface area contributed by atoms with Crippen molar-refractivity contribution in [3.63, 3.8) is 0 Å². The lowest BCUT2D eigenvalue weighted by molar-refractivity contribution is -0.137. The van der Waals surface area contributed by atoms with Gasteiger partial charge in [0, 0.05) is 25.2 Å². The number of aliphatic carboxylic acids is 1. The fourth-order valence-corrected chi connectivity index (χ4v) is 1.69. The van der Waals surface area contributed by atoms with E-state index in [1.54, 1.807) is 0 Å². The summed E-state index contributed by atoms with van der Waals surface area (Å²) in [6.07, 6.45) is 2.27. The van der Waals surface area contributed by atoms with Gasteiger partial charge in [0.25, 0.3) is 0 Å². The summed E-state index contributed by atoms with van der Waals surface area (Å²) < 4.78 is 0. The van der Waals surface area contributed by atoms with Crippen LogP contribution in [-0.4, -0.2) is 42.8 Å². The Kier molecular flexibility index (Phi) is 4.86. The third kappa shape index (κ3) is 4.04. The van der Waals surface area contributed by atoms with Crippen molar-refractivity contribution in [2.75, 3.05) is 19.6 Å². The minimum Gasteiger partial charge on any atom is -0.481 e. The Labute approximate surface area is 84.0 Å². The molecule has 0 spiro atoms. The molecule has 1 aliphatic rings. The first-order valence-electron chi connectivity index (χ1n) is 5.11. The summed E-state index contributed by atoms with van der Waals surface area (Å²) in [6, 6.07) is 0.519. The molecule has 0 saturated carbocycles. The fourth-order valence-electron chi connectivity index (χ4n) is 1.69. The van der Waals surface area contributed by atoms with Crippen LogP contribution in [0.5, 0.6) is 0 Å². The third-order valence-electron chi connectivity index (χ3n) is 2.48. The Balaban J connectivity index is 2.14. The van der Waals surface area contributed by atoms with E-state index in [1.807, 2.05) is 0 Å². The summed E-state index contributed by atoms with van der Waals surface area (Å²) >= 11 is 0. The summed E-state index contributed by atoms with van der Waals surface area (Å²) in [4.78, 5) is 10.4. The van der Waals surface area contributed by atoms with Gasteiger partial charge in [0.05, 0.1) is 6.42 Å². The first-order valence-corrected chi connectivity index (χ1v) is 5.11. The van der Waals surface area contributed by atoms with Gasteiger partial charge in [-0.1, -0.05) is 0 Å². The van der Waals surface area contributed by atoms with Crippen LogP contribution < -0.4 is 16.4 Å². The van der Waals surface area contributed by atoms with E-state index in [0.29, 0.717) is 6.04 Å². The maximum absolute atomic E-state index is 10.4. The zero-order valence-corrected chi connectivity index (χ0v) is 8.33. The van der Waals surface area contributed by atoms with Crippen LogP contribution in [0, 0.1) is 0 Å². The number of hydrogen-bond donors (Lipinski definition) is 4. The molecule has 14 heavy (non-hydrogen) atoms. The van der Waals surface area contributed by atoms with Gasteiger partial charge in [0.2, 0.25) is 0 Å². The summed E-state index contributed by atoms with van der Waals surface area (Å²) in [5, 5.41) is 15.1. The molecule has 1 rings (SSSR count). The van der Waals surface area contributed by atoms with E-state index in [9.17, 15) is 4.79 Å². The largest absolute Gasteiger partial charge is 0.481 e. The molecule has 2 atom stereocenters. The standard InChI is InChI=1S/C9H19N3O2/c10-3-1-2-7-5-12-8(6-11-7)4-9(13)14/h7-8,11-12H,1-6,10H2,(H,13,14)/t7-,8-/m1/s1. The molecule has 0 aromatic carbocycles. The summed E-state index contributed by atoms with van der Waals surface area (Å²) in [7, 11) is 0. The lowest BCUT2D eigenvalue weighted by atomic mass is 10.1. The molecule has 5 nitrogen and oxygen atoms in total. The van der Waals surface area contributed by atoms with E-state index >= 15 is 0 Å². The minimum absolute atomic E-state index is 0.0710. The molecule has 1 heterocycles. The zero-order valence-electron chi connectivity index (χ0n) is 8.33. The molecular formula is C9H19N3O2. The van der Waals surface area contributed by atoms with Gasteiger partial charge in [-0.15, -0.1) is 0 Å². The molecule has 1 aliphatic heterocycles. The number of piperazine rings is 1. The van der Waals surface area contributed by atoms with Crippen LogP contribution in [0.4, 0.5) is 0 Å². The van der Waals surface area contributed by atoms with E-state index in [4.69, 9.17) is 10.8 Å². The number of nitrogens with one attached hydrogen (secondary N) is 2. The maximum Gasteiger partial charge on any atom is 0.304 e. The topological polar surface area (TPSA) is 87.4 Å². The highest BCUT2D eigenvalue weighted by Crippen LogP contribution is 2.02. The Bertz CT molecular complexity index is 179. The second-order valence-corrected chi connectivity index (χ2v) is 3.74. The Morgan fingerprint density at radius 1 is 1.36 bits per heavy atom. The lowest BCUT2D eigenvalue weighted by Crippen LogP contribution is -2.54. The molecule has 1 fully saturated rings. The van der Waals surface area contributed by atoms with Gasteiger partial charge < -0.3 is 21.5 Å². The van der Waals surface area contributed by atoms with Crippen LogP contribution in [0.3, 0.4) is 0 Å². The van der Waals surface area contributed by atoms with Crippen molar-refractivity contribution < 1.29 is 9.90 Å². The van der Waals surface area contributed by atoms with Gasteiger partial charge in [-0.05, 0) is 19.4 Å². The van der Waals surface area contributed by atoms with Crippen LogP contribution in [-0.2, 0) is 4.79 Å². The van der Waals surface area contributed by atoms with Crippen molar-refractivity contribution in [2.45, 2.75) is 31.3 Å². The molecule has 0 unspecified atom stereocenters. The third-order valence-corrected chi connectivity index (χ3v) is 2.48. The van der Waals surface area contributed by atoms with Crippen LogP contribution in [0.1, 0.15) is 19.3 Å². The lowest BCUT2D eigenvalue weighted by Gasteiger charge is -2.30. The van der Waals surface area contributed by atoms with Crippen molar-refractivity contribution in [3.05, 3.63) is 0 Å². The van der Waals surface area contributed by atoms with Gasteiger partial charge in [0.1, 0.15) is 0 Å². The average Bonchev–Trinajstić information content (AvgIpc) is 2.16. The van der Waals surface area contributed by atoms with E-state index in [0.717, 1.165) is 32.5 Å². The first kappa shape index (κ1) is 11.4. The number of nitrogens with two attached hydrogens (primary N) is 1. The van der Waals surface area contributed by atoms with E-state index in [2.05, 4.69) is 10.6 Å². The zero-order chi connectivity index (χ0) is 10.4. The number of rotatable bonds is 5. The number of carboxylic acids is 1. The van der Waals surface area contributed by atoms with Gasteiger partial charge in [0.15, 0.2) is 0 Å². The smallest absolute Gasteiger partial charge is 0.304 e. The quantitative estimate of drug-likeness (QED) is 0.464. The van der Waals surface area contributed by atoms with Crippen molar-refractivity contribution >= 4 is 5.97 Å². The second-order valence-electron chi connectivity index (χ2n) is 3.74. The molecule has 1 saturated heterocycles. The number of carboxylic acid groups (broad SMARTS) is 1. The molecule has 0 bridgehead atoms. The van der Waals surface area contributed by atoms with E-state index in [-0.39, 0.29) is 12.5 Å². The molecule has 0 amide bonds. The fraction of sp³-hybridized carbons (Fsp3) is 0.889. The van der Waals surface area contributed by atoms with Crippen molar-refractivity contribution in [1.82, 2.24) is 10.6 Å².